The average Bonchev–Trinajstić information content (AvgIpc) is 3.05. The largest absolute Gasteiger partial charge is 0.326 e. The van der Waals surface area contributed by atoms with Crippen molar-refractivity contribution in [1.82, 2.24) is 10.2 Å². The summed E-state index contributed by atoms with van der Waals surface area (Å²) in [4.78, 5) is 14.9. The third kappa shape index (κ3) is 4.45. The predicted molar refractivity (Wildman–Crippen MR) is 88.0 cm³/mol. The van der Waals surface area contributed by atoms with Crippen molar-refractivity contribution in [2.45, 2.75) is 90.8 Å². The lowest BCUT2D eigenvalue weighted by atomic mass is 10.0. The number of carbonyl (C=O) groups is 1. The fourth-order valence-corrected chi connectivity index (χ4v) is 3.97. The van der Waals surface area contributed by atoms with Gasteiger partial charge >= 0.3 is 0 Å². The molecule has 0 spiro atoms. The Balaban J connectivity index is 1.95. The topological polar surface area (TPSA) is 32.3 Å². The minimum atomic E-state index is 0.0711. The van der Waals surface area contributed by atoms with E-state index in [0.29, 0.717) is 23.9 Å². The summed E-state index contributed by atoms with van der Waals surface area (Å²) in [5.74, 6) is 1.64. The maximum Gasteiger partial charge on any atom is 0.241 e. The Labute approximate surface area is 130 Å². The molecular formula is C18H34N2O. The van der Waals surface area contributed by atoms with Crippen molar-refractivity contribution in [3.8, 4) is 0 Å². The van der Waals surface area contributed by atoms with E-state index in [1.165, 1.54) is 51.4 Å². The highest BCUT2D eigenvalue weighted by atomic mass is 16.2. The molecule has 1 amide bonds. The molecule has 2 fully saturated rings. The van der Waals surface area contributed by atoms with E-state index in [2.05, 4.69) is 31.0 Å². The molecule has 3 nitrogen and oxygen atoms in total. The first-order valence-corrected chi connectivity index (χ1v) is 9.20. The fraction of sp³-hybridized carbons (Fsp3) is 0.944. The number of hydrogen-bond donors (Lipinski definition) is 1. The Morgan fingerprint density at radius 2 is 1.90 bits per heavy atom. The Hall–Kier alpha value is -0.570. The highest BCUT2D eigenvalue weighted by Gasteiger charge is 2.42. The van der Waals surface area contributed by atoms with Gasteiger partial charge in [0.2, 0.25) is 5.91 Å². The summed E-state index contributed by atoms with van der Waals surface area (Å²) in [6, 6.07) is 0.0711. The van der Waals surface area contributed by atoms with Crippen LogP contribution in [0.5, 0.6) is 0 Å². The zero-order valence-electron chi connectivity index (χ0n) is 14.2. The molecule has 2 atom stereocenters. The van der Waals surface area contributed by atoms with E-state index in [1.807, 2.05) is 0 Å². The lowest BCUT2D eigenvalue weighted by Gasteiger charge is -2.29. The Bertz CT molecular complexity index is 323. The number of nitrogens with one attached hydrogen (secondary N) is 1. The van der Waals surface area contributed by atoms with Gasteiger partial charge in [-0.3, -0.25) is 10.1 Å². The minimum absolute atomic E-state index is 0.0711. The number of amides is 1. The second kappa shape index (κ2) is 8.17. The van der Waals surface area contributed by atoms with E-state index >= 15 is 0 Å². The standard InChI is InChI=1S/C18H34N2O/c1-4-5-6-9-12-20-17(15-10-7-8-11-15)19-16(18(20)21)13-14(2)3/h14-17,19H,4-13H2,1-3H3. The Kier molecular flexibility index (Phi) is 6.53. The minimum Gasteiger partial charge on any atom is -0.326 e. The summed E-state index contributed by atoms with van der Waals surface area (Å²) < 4.78 is 0. The van der Waals surface area contributed by atoms with Crippen molar-refractivity contribution in [1.29, 1.82) is 0 Å². The molecule has 1 heterocycles. The van der Waals surface area contributed by atoms with Crippen LogP contribution in [0.25, 0.3) is 0 Å². The summed E-state index contributed by atoms with van der Waals surface area (Å²) in [7, 11) is 0. The Morgan fingerprint density at radius 3 is 2.52 bits per heavy atom. The maximum absolute atomic E-state index is 12.7. The van der Waals surface area contributed by atoms with Gasteiger partial charge in [-0.1, -0.05) is 52.9 Å². The zero-order valence-corrected chi connectivity index (χ0v) is 14.2. The maximum atomic E-state index is 12.7. The first kappa shape index (κ1) is 16.8. The van der Waals surface area contributed by atoms with Gasteiger partial charge in [0, 0.05) is 6.54 Å². The molecule has 1 saturated heterocycles. The van der Waals surface area contributed by atoms with Crippen LogP contribution >= 0.6 is 0 Å². The van der Waals surface area contributed by atoms with Crippen molar-refractivity contribution in [3.63, 3.8) is 0 Å². The van der Waals surface area contributed by atoms with Gasteiger partial charge in [-0.15, -0.1) is 0 Å². The molecule has 2 unspecified atom stereocenters. The summed E-state index contributed by atoms with van der Waals surface area (Å²) in [6.07, 6.45) is 11.6. The summed E-state index contributed by atoms with van der Waals surface area (Å²) in [5.41, 5.74) is 0. The van der Waals surface area contributed by atoms with Crippen LogP contribution in [0, 0.1) is 11.8 Å². The van der Waals surface area contributed by atoms with Crippen LogP contribution in [-0.4, -0.2) is 29.6 Å². The van der Waals surface area contributed by atoms with Crippen molar-refractivity contribution < 1.29 is 4.79 Å². The van der Waals surface area contributed by atoms with E-state index < -0.39 is 0 Å². The third-order valence-electron chi connectivity index (χ3n) is 5.09. The molecule has 1 aliphatic heterocycles. The number of unbranched alkanes of at least 4 members (excludes halogenated alkanes) is 3. The van der Waals surface area contributed by atoms with Crippen LogP contribution in [0.2, 0.25) is 0 Å². The smallest absolute Gasteiger partial charge is 0.241 e. The van der Waals surface area contributed by atoms with E-state index in [-0.39, 0.29) is 6.04 Å². The molecule has 0 bridgehead atoms. The molecule has 0 aromatic heterocycles. The van der Waals surface area contributed by atoms with Crippen LogP contribution < -0.4 is 5.32 Å². The van der Waals surface area contributed by atoms with Crippen LogP contribution in [0.1, 0.15) is 78.6 Å². The molecule has 0 aromatic carbocycles. The summed E-state index contributed by atoms with van der Waals surface area (Å²) in [6.45, 7) is 7.62. The second-order valence-corrected chi connectivity index (χ2v) is 7.43. The normalized spacial score (nSPS) is 27.2. The number of carbonyl (C=O) groups excluding carboxylic acids is 1. The number of nitrogens with zero attached hydrogens (tertiary/aromatic N) is 1. The zero-order chi connectivity index (χ0) is 15.2. The molecule has 1 saturated carbocycles. The van der Waals surface area contributed by atoms with Gasteiger partial charge in [0.1, 0.15) is 0 Å². The molecule has 3 heteroatoms. The van der Waals surface area contributed by atoms with E-state index in [0.717, 1.165) is 13.0 Å². The van der Waals surface area contributed by atoms with Crippen molar-refractivity contribution in [3.05, 3.63) is 0 Å². The lowest BCUT2D eigenvalue weighted by Crippen LogP contribution is -2.43. The van der Waals surface area contributed by atoms with Gasteiger partial charge in [-0.25, -0.2) is 0 Å². The van der Waals surface area contributed by atoms with Gasteiger partial charge in [-0.2, -0.15) is 0 Å². The highest BCUT2D eigenvalue weighted by Crippen LogP contribution is 2.33. The second-order valence-electron chi connectivity index (χ2n) is 7.43. The van der Waals surface area contributed by atoms with Crippen molar-refractivity contribution >= 4 is 5.91 Å². The molecule has 1 N–H and O–H groups in total. The fourth-order valence-electron chi connectivity index (χ4n) is 3.97. The van der Waals surface area contributed by atoms with E-state index in [1.54, 1.807) is 0 Å². The quantitative estimate of drug-likeness (QED) is 0.688. The molecule has 0 radical (unpaired) electrons. The molecule has 1 aliphatic carbocycles. The van der Waals surface area contributed by atoms with Gasteiger partial charge in [0.05, 0.1) is 12.2 Å². The highest BCUT2D eigenvalue weighted by molar-refractivity contribution is 5.84. The molecular weight excluding hydrogens is 260 g/mol. The predicted octanol–water partition coefficient (Wildman–Crippen LogP) is 3.93. The SMILES string of the molecule is CCCCCCN1C(=O)C(CC(C)C)NC1C1CCCC1. The summed E-state index contributed by atoms with van der Waals surface area (Å²) in [5, 5.41) is 3.68. The Morgan fingerprint density at radius 1 is 1.19 bits per heavy atom. The molecule has 2 rings (SSSR count). The first-order chi connectivity index (χ1) is 10.1. The number of hydrogen-bond acceptors (Lipinski definition) is 2. The van der Waals surface area contributed by atoms with Gasteiger partial charge in [0.15, 0.2) is 0 Å². The van der Waals surface area contributed by atoms with E-state index in [9.17, 15) is 4.79 Å². The van der Waals surface area contributed by atoms with Gasteiger partial charge < -0.3 is 4.90 Å². The van der Waals surface area contributed by atoms with Gasteiger partial charge in [-0.05, 0) is 37.5 Å². The third-order valence-corrected chi connectivity index (χ3v) is 5.09. The molecule has 2 aliphatic rings. The average molecular weight is 294 g/mol. The lowest BCUT2D eigenvalue weighted by molar-refractivity contribution is -0.131. The monoisotopic (exact) mass is 294 g/mol. The van der Waals surface area contributed by atoms with Gasteiger partial charge in [0.25, 0.3) is 0 Å². The van der Waals surface area contributed by atoms with E-state index in [4.69, 9.17) is 0 Å². The summed E-state index contributed by atoms with van der Waals surface area (Å²) >= 11 is 0. The van der Waals surface area contributed by atoms with Crippen LogP contribution in [0.4, 0.5) is 0 Å². The first-order valence-electron chi connectivity index (χ1n) is 9.20. The molecule has 21 heavy (non-hydrogen) atoms. The van der Waals surface area contributed by atoms with Crippen LogP contribution in [0.3, 0.4) is 0 Å². The number of rotatable bonds is 8. The molecule has 0 aromatic rings. The van der Waals surface area contributed by atoms with Crippen LogP contribution in [-0.2, 0) is 4.79 Å². The van der Waals surface area contributed by atoms with Crippen molar-refractivity contribution in [2.75, 3.05) is 6.54 Å². The van der Waals surface area contributed by atoms with Crippen LogP contribution in [0.15, 0.2) is 0 Å². The van der Waals surface area contributed by atoms with Crippen molar-refractivity contribution in [2.24, 2.45) is 11.8 Å². The molecule has 122 valence electrons.